The van der Waals surface area contributed by atoms with Crippen LogP contribution in [0.25, 0.3) is 0 Å². The lowest BCUT2D eigenvalue weighted by atomic mass is 10.0. The molecule has 210 valence electrons. The minimum atomic E-state index is -0.231. The van der Waals surface area contributed by atoms with Crippen molar-refractivity contribution in [2.45, 2.75) is 104 Å². The number of unbranched alkanes of at least 4 members (excludes halogenated alkanes) is 12. The van der Waals surface area contributed by atoms with E-state index in [9.17, 15) is 4.79 Å². The van der Waals surface area contributed by atoms with Crippen LogP contribution < -0.4 is 0 Å². The highest BCUT2D eigenvalue weighted by Crippen LogP contribution is 2.12. The second-order valence-electron chi connectivity index (χ2n) is 8.86. The van der Waals surface area contributed by atoms with E-state index in [1.807, 2.05) is 0 Å². The molecule has 0 amide bonds. The molecule has 0 saturated carbocycles. The van der Waals surface area contributed by atoms with E-state index >= 15 is 0 Å². The molecule has 0 aliphatic carbocycles. The molecular weight excluding hydrogens is 448 g/mol. The van der Waals surface area contributed by atoms with Gasteiger partial charge in [-0.15, -0.1) is 0 Å². The SMILES string of the molecule is CCCCCCCCCCCCCCCOCCOCCOCCOCCOCCC(=O)OCC. The monoisotopic (exact) mass is 504 g/mol. The van der Waals surface area contributed by atoms with Crippen LogP contribution in [0.1, 0.15) is 104 Å². The van der Waals surface area contributed by atoms with Gasteiger partial charge in [0.1, 0.15) is 0 Å². The highest BCUT2D eigenvalue weighted by atomic mass is 16.6. The summed E-state index contributed by atoms with van der Waals surface area (Å²) in [5, 5.41) is 0. The smallest absolute Gasteiger partial charge is 0.308 e. The van der Waals surface area contributed by atoms with Gasteiger partial charge in [-0.3, -0.25) is 4.79 Å². The third-order valence-corrected chi connectivity index (χ3v) is 5.64. The van der Waals surface area contributed by atoms with Crippen LogP contribution in [0.5, 0.6) is 0 Å². The number of hydrogen-bond acceptors (Lipinski definition) is 7. The fourth-order valence-electron chi connectivity index (χ4n) is 3.59. The maximum atomic E-state index is 11.1. The Hall–Kier alpha value is -0.730. The highest BCUT2D eigenvalue weighted by Gasteiger charge is 2.00. The molecule has 0 radical (unpaired) electrons. The molecule has 0 aromatic rings. The normalized spacial score (nSPS) is 11.3. The van der Waals surface area contributed by atoms with Gasteiger partial charge in [0.25, 0.3) is 0 Å². The summed E-state index contributed by atoms with van der Waals surface area (Å²) in [6.45, 7) is 10.0. The molecule has 7 heteroatoms. The van der Waals surface area contributed by atoms with Crippen molar-refractivity contribution < 1.29 is 33.2 Å². The lowest BCUT2D eigenvalue weighted by Crippen LogP contribution is -2.14. The topological polar surface area (TPSA) is 72.5 Å². The number of carbonyl (C=O) groups excluding carboxylic acids is 1. The molecule has 0 aliphatic heterocycles. The van der Waals surface area contributed by atoms with Gasteiger partial charge < -0.3 is 28.4 Å². The molecule has 0 spiro atoms. The summed E-state index contributed by atoms with van der Waals surface area (Å²) in [6.07, 6.45) is 18.1. The summed E-state index contributed by atoms with van der Waals surface area (Å²) in [6, 6.07) is 0. The van der Waals surface area contributed by atoms with Crippen LogP contribution in [0.3, 0.4) is 0 Å². The number of carbonyl (C=O) groups is 1. The van der Waals surface area contributed by atoms with Crippen molar-refractivity contribution in [1.82, 2.24) is 0 Å². The third-order valence-electron chi connectivity index (χ3n) is 5.64. The van der Waals surface area contributed by atoms with Crippen LogP contribution >= 0.6 is 0 Å². The van der Waals surface area contributed by atoms with Gasteiger partial charge in [0.2, 0.25) is 0 Å². The first kappa shape index (κ1) is 34.3. The predicted molar refractivity (Wildman–Crippen MR) is 141 cm³/mol. The van der Waals surface area contributed by atoms with Crippen molar-refractivity contribution in [1.29, 1.82) is 0 Å². The van der Waals surface area contributed by atoms with Crippen molar-refractivity contribution in [3.05, 3.63) is 0 Å². The van der Waals surface area contributed by atoms with E-state index in [1.54, 1.807) is 6.92 Å². The Bertz CT molecular complexity index is 407. The van der Waals surface area contributed by atoms with E-state index in [4.69, 9.17) is 28.4 Å². The fourth-order valence-corrected chi connectivity index (χ4v) is 3.59. The number of ether oxygens (including phenoxy) is 6. The molecule has 0 atom stereocenters. The van der Waals surface area contributed by atoms with Gasteiger partial charge in [-0.1, -0.05) is 84.0 Å². The summed E-state index contributed by atoms with van der Waals surface area (Å²) in [5.74, 6) is -0.231. The van der Waals surface area contributed by atoms with Gasteiger partial charge in [0.15, 0.2) is 0 Å². The van der Waals surface area contributed by atoms with Crippen molar-refractivity contribution in [2.75, 3.05) is 72.7 Å². The Kier molecular flexibility index (Phi) is 30.6. The Labute approximate surface area is 215 Å². The number of hydrogen-bond donors (Lipinski definition) is 0. The summed E-state index contributed by atoms with van der Waals surface area (Å²) in [5.41, 5.74) is 0. The minimum absolute atomic E-state index is 0.231. The Morgan fingerprint density at radius 2 is 0.771 bits per heavy atom. The molecule has 0 fully saturated rings. The zero-order chi connectivity index (χ0) is 25.5. The Balaban J connectivity index is 3.04. The van der Waals surface area contributed by atoms with E-state index in [1.165, 1.54) is 77.0 Å². The summed E-state index contributed by atoms with van der Waals surface area (Å²) in [7, 11) is 0. The van der Waals surface area contributed by atoms with Gasteiger partial charge in [0.05, 0.1) is 72.5 Å². The van der Waals surface area contributed by atoms with Crippen molar-refractivity contribution in [3.63, 3.8) is 0 Å². The van der Waals surface area contributed by atoms with Crippen LogP contribution in [0, 0.1) is 0 Å². The second kappa shape index (κ2) is 31.3. The van der Waals surface area contributed by atoms with E-state index in [2.05, 4.69) is 6.92 Å². The van der Waals surface area contributed by atoms with Gasteiger partial charge in [-0.05, 0) is 13.3 Å². The van der Waals surface area contributed by atoms with Crippen LogP contribution in [-0.4, -0.2) is 78.6 Å². The lowest BCUT2D eigenvalue weighted by Gasteiger charge is -2.08. The first-order chi connectivity index (χ1) is 17.3. The molecular formula is C28H56O7. The predicted octanol–water partition coefficient (Wildman–Crippen LogP) is 6.11. The van der Waals surface area contributed by atoms with Gasteiger partial charge >= 0.3 is 5.97 Å². The maximum Gasteiger partial charge on any atom is 0.308 e. The molecule has 0 saturated heterocycles. The van der Waals surface area contributed by atoms with E-state index < -0.39 is 0 Å². The third kappa shape index (κ3) is 31.2. The Morgan fingerprint density at radius 1 is 0.429 bits per heavy atom. The van der Waals surface area contributed by atoms with Gasteiger partial charge in [0, 0.05) is 6.61 Å². The van der Waals surface area contributed by atoms with Crippen molar-refractivity contribution in [3.8, 4) is 0 Å². The molecule has 0 bridgehead atoms. The standard InChI is InChI=1S/C28H56O7/c1-3-5-6-7-8-9-10-11-12-13-14-15-16-18-30-20-22-32-24-26-34-27-25-33-23-21-31-19-17-28(29)35-4-2/h3-27H2,1-2H3. The van der Waals surface area contributed by atoms with Gasteiger partial charge in [-0.2, -0.15) is 0 Å². The van der Waals surface area contributed by atoms with Gasteiger partial charge in [-0.25, -0.2) is 0 Å². The summed E-state index contributed by atoms with van der Waals surface area (Å²) >= 11 is 0. The highest BCUT2D eigenvalue weighted by molar-refractivity contribution is 5.69. The molecule has 35 heavy (non-hydrogen) atoms. The van der Waals surface area contributed by atoms with E-state index in [0.717, 1.165) is 13.0 Å². The molecule has 0 aromatic carbocycles. The van der Waals surface area contributed by atoms with E-state index in [-0.39, 0.29) is 12.4 Å². The quantitative estimate of drug-likeness (QED) is 0.0862. The minimum Gasteiger partial charge on any atom is -0.466 e. The number of rotatable bonds is 30. The summed E-state index contributed by atoms with van der Waals surface area (Å²) in [4.78, 5) is 11.1. The molecule has 0 aromatic heterocycles. The largest absolute Gasteiger partial charge is 0.466 e. The van der Waals surface area contributed by atoms with Crippen LogP contribution in [-0.2, 0) is 33.2 Å². The van der Waals surface area contributed by atoms with Crippen LogP contribution in [0.4, 0.5) is 0 Å². The van der Waals surface area contributed by atoms with Crippen molar-refractivity contribution >= 4 is 5.97 Å². The van der Waals surface area contributed by atoms with Crippen LogP contribution in [0.2, 0.25) is 0 Å². The second-order valence-corrected chi connectivity index (χ2v) is 8.86. The molecule has 0 unspecified atom stereocenters. The average molecular weight is 505 g/mol. The first-order valence-corrected chi connectivity index (χ1v) is 14.4. The average Bonchev–Trinajstić information content (AvgIpc) is 2.86. The Morgan fingerprint density at radius 3 is 1.17 bits per heavy atom. The fraction of sp³-hybridized carbons (Fsp3) is 0.964. The number of esters is 1. The maximum absolute atomic E-state index is 11.1. The lowest BCUT2D eigenvalue weighted by molar-refractivity contribution is -0.144. The van der Waals surface area contributed by atoms with Crippen molar-refractivity contribution in [2.24, 2.45) is 0 Å². The van der Waals surface area contributed by atoms with Crippen LogP contribution in [0.15, 0.2) is 0 Å². The first-order valence-electron chi connectivity index (χ1n) is 14.4. The zero-order valence-electron chi connectivity index (χ0n) is 23.0. The molecule has 7 nitrogen and oxygen atoms in total. The van der Waals surface area contributed by atoms with E-state index in [0.29, 0.717) is 66.1 Å². The molecule has 0 heterocycles. The zero-order valence-corrected chi connectivity index (χ0v) is 23.0. The molecule has 0 N–H and O–H groups in total. The molecule has 0 aliphatic rings. The molecule has 0 rings (SSSR count). The summed E-state index contributed by atoms with van der Waals surface area (Å²) < 4.78 is 32.1.